The van der Waals surface area contributed by atoms with Gasteiger partial charge in [0.15, 0.2) is 0 Å². The van der Waals surface area contributed by atoms with E-state index in [1.807, 2.05) is 6.08 Å². The highest BCUT2D eigenvalue weighted by molar-refractivity contribution is 5.16. The van der Waals surface area contributed by atoms with Gasteiger partial charge in [0.05, 0.1) is 0 Å². The minimum atomic E-state index is 0.743. The summed E-state index contributed by atoms with van der Waals surface area (Å²) in [4.78, 5) is 0. The maximum absolute atomic E-state index is 3.85. The van der Waals surface area contributed by atoms with E-state index in [0.717, 1.165) is 5.92 Å². The van der Waals surface area contributed by atoms with E-state index in [2.05, 4.69) is 25.3 Å². The van der Waals surface area contributed by atoms with Crippen molar-refractivity contribution in [1.82, 2.24) is 0 Å². The lowest BCUT2D eigenvalue weighted by Crippen LogP contribution is -1.99. The summed E-state index contributed by atoms with van der Waals surface area (Å²) in [5, 5.41) is 0. The molecule has 1 aliphatic carbocycles. The first-order valence-electron chi connectivity index (χ1n) is 4.81. The highest BCUT2D eigenvalue weighted by atomic mass is 14.1. The quantitative estimate of drug-likeness (QED) is 0.541. The molecule has 0 fully saturated rings. The van der Waals surface area contributed by atoms with Gasteiger partial charge in [-0.25, -0.2) is 0 Å². The van der Waals surface area contributed by atoms with Crippen LogP contribution in [-0.2, 0) is 0 Å². The fourth-order valence-electron chi connectivity index (χ4n) is 1.72. The topological polar surface area (TPSA) is 0 Å². The Kier molecular flexibility index (Phi) is 3.86. The summed E-state index contributed by atoms with van der Waals surface area (Å²) in [5.74, 6) is 0.743. The Morgan fingerprint density at radius 1 is 1.33 bits per heavy atom. The zero-order valence-corrected chi connectivity index (χ0v) is 7.76. The molecule has 1 atom stereocenters. The Hall–Kier alpha value is -0.780. The lowest BCUT2D eigenvalue weighted by molar-refractivity contribution is 0.517. The van der Waals surface area contributed by atoms with Gasteiger partial charge < -0.3 is 0 Å². The van der Waals surface area contributed by atoms with Gasteiger partial charge in [0, 0.05) is 0 Å². The van der Waals surface area contributed by atoms with Crippen molar-refractivity contribution in [1.29, 1.82) is 0 Å². The van der Waals surface area contributed by atoms with Gasteiger partial charge in [-0.2, -0.15) is 0 Å². The summed E-state index contributed by atoms with van der Waals surface area (Å²) in [6.45, 7) is 7.66. The Morgan fingerprint density at radius 2 is 2.17 bits per heavy atom. The Morgan fingerprint density at radius 3 is 2.83 bits per heavy atom. The van der Waals surface area contributed by atoms with Gasteiger partial charge in [0.25, 0.3) is 0 Å². The lowest BCUT2D eigenvalue weighted by Gasteiger charge is -2.14. The second kappa shape index (κ2) is 4.97. The molecule has 1 aliphatic rings. The fourth-order valence-corrected chi connectivity index (χ4v) is 1.72. The zero-order valence-electron chi connectivity index (χ0n) is 7.76. The third-order valence-corrected chi connectivity index (χ3v) is 2.58. The SMILES string of the molecule is C=C/C1=C/CCC(C=C)CCC1. The van der Waals surface area contributed by atoms with E-state index in [0.29, 0.717) is 0 Å². The molecule has 1 unspecified atom stereocenters. The number of rotatable bonds is 2. The first-order valence-corrected chi connectivity index (χ1v) is 4.81. The van der Waals surface area contributed by atoms with Crippen LogP contribution in [0.3, 0.4) is 0 Å². The summed E-state index contributed by atoms with van der Waals surface area (Å²) >= 11 is 0. The van der Waals surface area contributed by atoms with E-state index < -0.39 is 0 Å². The molecule has 0 saturated carbocycles. The molecule has 0 aliphatic heterocycles. The average Bonchev–Trinajstić information content (AvgIpc) is 2.05. The molecule has 66 valence electrons. The van der Waals surface area contributed by atoms with E-state index in [4.69, 9.17) is 0 Å². The fraction of sp³-hybridized carbons (Fsp3) is 0.500. The van der Waals surface area contributed by atoms with Crippen LogP contribution >= 0.6 is 0 Å². The predicted molar refractivity (Wildman–Crippen MR) is 55.1 cm³/mol. The number of hydrogen-bond acceptors (Lipinski definition) is 0. The van der Waals surface area contributed by atoms with E-state index in [9.17, 15) is 0 Å². The van der Waals surface area contributed by atoms with Crippen molar-refractivity contribution in [2.75, 3.05) is 0 Å². The minimum absolute atomic E-state index is 0.743. The van der Waals surface area contributed by atoms with Crippen molar-refractivity contribution < 1.29 is 0 Å². The molecule has 0 nitrogen and oxygen atoms in total. The van der Waals surface area contributed by atoms with Crippen molar-refractivity contribution >= 4 is 0 Å². The molecule has 0 aromatic heterocycles. The van der Waals surface area contributed by atoms with Crippen molar-refractivity contribution in [2.24, 2.45) is 5.92 Å². The van der Waals surface area contributed by atoms with Gasteiger partial charge in [-0.05, 0) is 38.0 Å². The van der Waals surface area contributed by atoms with Crippen LogP contribution in [0.4, 0.5) is 0 Å². The van der Waals surface area contributed by atoms with Gasteiger partial charge in [0.2, 0.25) is 0 Å². The van der Waals surface area contributed by atoms with Crippen LogP contribution in [0.15, 0.2) is 37.0 Å². The highest BCUT2D eigenvalue weighted by Crippen LogP contribution is 2.22. The summed E-state index contributed by atoms with van der Waals surface area (Å²) in [5.41, 5.74) is 1.43. The molecule has 0 radical (unpaired) electrons. The van der Waals surface area contributed by atoms with Crippen molar-refractivity contribution in [2.45, 2.75) is 32.1 Å². The van der Waals surface area contributed by atoms with Crippen LogP contribution in [0.5, 0.6) is 0 Å². The highest BCUT2D eigenvalue weighted by Gasteiger charge is 2.06. The molecular formula is C12H18. The summed E-state index contributed by atoms with van der Waals surface area (Å²) in [6.07, 6.45) is 12.7. The molecule has 1 rings (SSSR count). The van der Waals surface area contributed by atoms with Gasteiger partial charge in [-0.15, -0.1) is 6.58 Å². The molecule has 0 aromatic rings. The molecule has 0 heteroatoms. The first kappa shape index (κ1) is 9.31. The summed E-state index contributed by atoms with van der Waals surface area (Å²) in [6, 6.07) is 0. The van der Waals surface area contributed by atoms with E-state index in [1.54, 1.807) is 0 Å². The van der Waals surface area contributed by atoms with Gasteiger partial charge >= 0.3 is 0 Å². The van der Waals surface area contributed by atoms with Crippen molar-refractivity contribution in [3.63, 3.8) is 0 Å². The largest absolute Gasteiger partial charge is 0.103 e. The summed E-state index contributed by atoms with van der Waals surface area (Å²) in [7, 11) is 0. The standard InChI is InChI=1S/C12H18/c1-3-11-7-5-9-12(4-2)10-6-8-11/h3-4,7,12H,1-2,5-6,8-10H2/b11-7-. The van der Waals surface area contributed by atoms with Crippen LogP contribution in [0, 0.1) is 5.92 Å². The second-order valence-corrected chi connectivity index (χ2v) is 3.45. The minimum Gasteiger partial charge on any atom is -0.103 e. The predicted octanol–water partition coefficient (Wildman–Crippen LogP) is 3.87. The van der Waals surface area contributed by atoms with Crippen molar-refractivity contribution in [3.05, 3.63) is 37.0 Å². The molecule has 0 spiro atoms. The van der Waals surface area contributed by atoms with Crippen LogP contribution in [0.1, 0.15) is 32.1 Å². The molecule has 0 heterocycles. The van der Waals surface area contributed by atoms with Crippen LogP contribution in [0.25, 0.3) is 0 Å². The normalized spacial score (nSPS) is 29.3. The van der Waals surface area contributed by atoms with Gasteiger partial charge in [0.1, 0.15) is 0 Å². The molecule has 12 heavy (non-hydrogen) atoms. The Labute approximate surface area is 75.7 Å². The van der Waals surface area contributed by atoms with E-state index in [-0.39, 0.29) is 0 Å². The van der Waals surface area contributed by atoms with E-state index >= 15 is 0 Å². The number of hydrogen-bond donors (Lipinski definition) is 0. The third kappa shape index (κ3) is 2.69. The smallest absolute Gasteiger partial charge is 0.0233 e. The lowest BCUT2D eigenvalue weighted by atomic mass is 9.91. The molecular weight excluding hydrogens is 144 g/mol. The van der Waals surface area contributed by atoms with Crippen LogP contribution < -0.4 is 0 Å². The summed E-state index contributed by atoms with van der Waals surface area (Å²) < 4.78 is 0. The molecule has 0 amide bonds. The average molecular weight is 162 g/mol. The van der Waals surface area contributed by atoms with Crippen LogP contribution in [-0.4, -0.2) is 0 Å². The van der Waals surface area contributed by atoms with E-state index in [1.165, 1.54) is 37.7 Å². The monoisotopic (exact) mass is 162 g/mol. The van der Waals surface area contributed by atoms with Crippen molar-refractivity contribution in [3.8, 4) is 0 Å². The third-order valence-electron chi connectivity index (χ3n) is 2.58. The first-order chi connectivity index (χ1) is 5.86. The Bertz CT molecular complexity index is 186. The zero-order chi connectivity index (χ0) is 8.81. The Balaban J connectivity index is 2.49. The molecule has 0 aromatic carbocycles. The molecule has 0 saturated heterocycles. The second-order valence-electron chi connectivity index (χ2n) is 3.45. The van der Waals surface area contributed by atoms with Crippen LogP contribution in [0.2, 0.25) is 0 Å². The van der Waals surface area contributed by atoms with Gasteiger partial charge in [-0.1, -0.05) is 30.4 Å². The maximum Gasteiger partial charge on any atom is -0.0233 e. The maximum atomic E-state index is 3.85. The molecule has 0 bridgehead atoms. The van der Waals surface area contributed by atoms with Gasteiger partial charge in [-0.3, -0.25) is 0 Å². The number of allylic oxidation sites excluding steroid dienone is 4. The molecule has 0 N–H and O–H groups in total.